The van der Waals surface area contributed by atoms with Crippen molar-refractivity contribution in [2.45, 2.75) is 13.8 Å². The largest absolute Gasteiger partial charge is 0.497 e. The molecule has 0 heterocycles. The molecule has 0 aromatic heterocycles. The Bertz CT molecular complexity index is 593. The summed E-state index contributed by atoms with van der Waals surface area (Å²) in [5.41, 5.74) is 11.5. The topological polar surface area (TPSA) is 35.2 Å². The Hall–Kier alpha value is -2.22. The van der Waals surface area contributed by atoms with Crippen LogP contribution in [0.4, 0.5) is 5.69 Å². The number of benzene rings is 2. The number of methoxy groups -OCH3 is 1. The fourth-order valence-corrected chi connectivity index (χ4v) is 2.06. The summed E-state index contributed by atoms with van der Waals surface area (Å²) in [4.78, 5) is 0. The number of nitrogens with two attached hydrogens (primary N) is 1. The Morgan fingerprint density at radius 1 is 1.05 bits per heavy atom. The minimum Gasteiger partial charge on any atom is -0.497 e. The minimum atomic E-state index is 0.800. The van der Waals surface area contributed by atoms with Gasteiger partial charge in [-0.1, -0.05) is 35.9 Å². The second-order valence-electron chi connectivity index (χ2n) is 4.76. The van der Waals surface area contributed by atoms with Crippen molar-refractivity contribution in [3.05, 3.63) is 53.6 Å². The first-order valence-corrected chi connectivity index (χ1v) is 6.29. The Labute approximate surface area is 114 Å². The molecule has 0 saturated heterocycles. The lowest BCUT2D eigenvalue weighted by molar-refractivity contribution is 0.415. The van der Waals surface area contributed by atoms with Crippen LogP contribution in [-0.2, 0) is 0 Å². The summed E-state index contributed by atoms with van der Waals surface area (Å²) in [6, 6.07) is 14.0. The fraction of sp³-hybridized carbons (Fsp3) is 0.176. The van der Waals surface area contributed by atoms with Gasteiger partial charge in [-0.3, -0.25) is 0 Å². The number of nitrogen functional groups attached to an aromatic ring is 1. The van der Waals surface area contributed by atoms with Crippen molar-refractivity contribution < 1.29 is 4.74 Å². The highest BCUT2D eigenvalue weighted by molar-refractivity contribution is 5.82. The van der Waals surface area contributed by atoms with Crippen molar-refractivity contribution in [2.75, 3.05) is 12.8 Å². The van der Waals surface area contributed by atoms with Crippen LogP contribution >= 0.6 is 0 Å². The van der Waals surface area contributed by atoms with Gasteiger partial charge in [0.25, 0.3) is 0 Å². The van der Waals surface area contributed by atoms with Crippen LogP contribution in [0.5, 0.6) is 5.75 Å². The number of hydrogen-bond acceptors (Lipinski definition) is 2. The van der Waals surface area contributed by atoms with Gasteiger partial charge in [-0.05, 0) is 43.2 Å². The molecule has 0 unspecified atom stereocenters. The first-order chi connectivity index (χ1) is 9.11. The number of anilines is 1. The van der Waals surface area contributed by atoms with Crippen LogP contribution in [0.2, 0.25) is 0 Å². The van der Waals surface area contributed by atoms with Crippen LogP contribution < -0.4 is 10.5 Å². The highest BCUT2D eigenvalue weighted by Gasteiger charge is 2.06. The first kappa shape index (κ1) is 13.2. The van der Waals surface area contributed by atoms with E-state index in [1.165, 1.54) is 5.57 Å². The normalized spacial score (nSPS) is 10.1. The van der Waals surface area contributed by atoms with Gasteiger partial charge in [0.2, 0.25) is 0 Å². The molecule has 0 amide bonds. The minimum absolute atomic E-state index is 0.800. The second kappa shape index (κ2) is 5.61. The predicted molar refractivity (Wildman–Crippen MR) is 82.2 cm³/mol. The average molecular weight is 253 g/mol. The van der Waals surface area contributed by atoms with Crippen LogP contribution in [0.25, 0.3) is 17.2 Å². The van der Waals surface area contributed by atoms with Crippen LogP contribution in [-0.4, -0.2) is 7.11 Å². The summed E-state index contributed by atoms with van der Waals surface area (Å²) in [5, 5.41) is 0. The van der Waals surface area contributed by atoms with Gasteiger partial charge in [0.15, 0.2) is 0 Å². The molecule has 19 heavy (non-hydrogen) atoms. The quantitative estimate of drug-likeness (QED) is 0.824. The Kier molecular flexibility index (Phi) is 3.91. The average Bonchev–Trinajstić information content (AvgIpc) is 2.41. The van der Waals surface area contributed by atoms with Crippen LogP contribution in [0.15, 0.2) is 48.0 Å². The van der Waals surface area contributed by atoms with E-state index in [2.05, 4.69) is 38.1 Å². The smallest absolute Gasteiger partial charge is 0.118 e. The van der Waals surface area contributed by atoms with E-state index in [0.29, 0.717) is 0 Å². The molecular formula is C17H19NO. The van der Waals surface area contributed by atoms with Gasteiger partial charge in [0, 0.05) is 11.3 Å². The van der Waals surface area contributed by atoms with Gasteiger partial charge in [-0.25, -0.2) is 0 Å². The van der Waals surface area contributed by atoms with Gasteiger partial charge in [0.1, 0.15) is 5.75 Å². The zero-order valence-electron chi connectivity index (χ0n) is 11.6. The van der Waals surface area contributed by atoms with Crippen molar-refractivity contribution in [1.29, 1.82) is 0 Å². The molecule has 0 atom stereocenters. The maximum absolute atomic E-state index is 6.09. The molecule has 2 rings (SSSR count). The number of ether oxygens (including phenoxy) is 1. The van der Waals surface area contributed by atoms with E-state index in [1.54, 1.807) is 7.11 Å². The highest BCUT2D eigenvalue weighted by Crippen LogP contribution is 2.30. The van der Waals surface area contributed by atoms with Crippen molar-refractivity contribution in [3.63, 3.8) is 0 Å². The molecule has 2 aromatic rings. The summed E-state index contributed by atoms with van der Waals surface area (Å²) in [6.07, 6.45) is 2.12. The second-order valence-corrected chi connectivity index (χ2v) is 4.76. The monoisotopic (exact) mass is 253 g/mol. The standard InChI is InChI=1S/C17H19NO/c1-12(2)11-16-15(5-4-6-17(16)18)13-7-9-14(19-3)10-8-13/h4-11H,18H2,1-3H3. The third-order valence-electron chi connectivity index (χ3n) is 2.97. The van der Waals surface area contributed by atoms with Crippen molar-refractivity contribution in [1.82, 2.24) is 0 Å². The van der Waals surface area contributed by atoms with Gasteiger partial charge >= 0.3 is 0 Å². The van der Waals surface area contributed by atoms with E-state index >= 15 is 0 Å². The van der Waals surface area contributed by atoms with Crippen molar-refractivity contribution in [2.24, 2.45) is 0 Å². The highest BCUT2D eigenvalue weighted by atomic mass is 16.5. The maximum Gasteiger partial charge on any atom is 0.118 e. The molecule has 0 radical (unpaired) electrons. The number of allylic oxidation sites excluding steroid dienone is 1. The lowest BCUT2D eigenvalue weighted by atomic mass is 9.97. The maximum atomic E-state index is 6.09. The molecule has 0 aliphatic heterocycles. The van der Waals surface area contributed by atoms with Gasteiger partial charge in [0.05, 0.1) is 7.11 Å². The molecule has 0 bridgehead atoms. The lowest BCUT2D eigenvalue weighted by Gasteiger charge is -2.10. The van der Waals surface area contributed by atoms with E-state index in [0.717, 1.165) is 28.1 Å². The van der Waals surface area contributed by atoms with Gasteiger partial charge in [-0.15, -0.1) is 0 Å². The molecule has 0 saturated carbocycles. The third kappa shape index (κ3) is 2.97. The summed E-state index contributed by atoms with van der Waals surface area (Å²) >= 11 is 0. The molecule has 2 N–H and O–H groups in total. The van der Waals surface area contributed by atoms with Crippen LogP contribution in [0.1, 0.15) is 19.4 Å². The zero-order chi connectivity index (χ0) is 13.8. The van der Waals surface area contributed by atoms with Crippen molar-refractivity contribution >= 4 is 11.8 Å². The first-order valence-electron chi connectivity index (χ1n) is 6.29. The summed E-state index contributed by atoms with van der Waals surface area (Å²) < 4.78 is 5.19. The molecular weight excluding hydrogens is 234 g/mol. The molecule has 2 aromatic carbocycles. The number of hydrogen-bond donors (Lipinski definition) is 1. The molecule has 0 spiro atoms. The van der Waals surface area contributed by atoms with E-state index in [1.807, 2.05) is 24.3 Å². The molecule has 2 heteroatoms. The van der Waals surface area contributed by atoms with Crippen LogP contribution in [0.3, 0.4) is 0 Å². The Morgan fingerprint density at radius 2 is 1.74 bits per heavy atom. The number of rotatable bonds is 3. The summed E-state index contributed by atoms with van der Waals surface area (Å²) in [7, 11) is 1.67. The van der Waals surface area contributed by atoms with Gasteiger partial charge in [-0.2, -0.15) is 0 Å². The van der Waals surface area contributed by atoms with Gasteiger partial charge < -0.3 is 10.5 Å². The molecule has 2 nitrogen and oxygen atoms in total. The predicted octanol–water partition coefficient (Wildman–Crippen LogP) is 4.37. The van der Waals surface area contributed by atoms with E-state index in [9.17, 15) is 0 Å². The molecule has 0 fully saturated rings. The third-order valence-corrected chi connectivity index (χ3v) is 2.97. The Morgan fingerprint density at radius 3 is 2.32 bits per heavy atom. The summed E-state index contributed by atoms with van der Waals surface area (Å²) in [5.74, 6) is 0.858. The van der Waals surface area contributed by atoms with Crippen molar-refractivity contribution in [3.8, 4) is 16.9 Å². The fourth-order valence-electron chi connectivity index (χ4n) is 2.06. The molecule has 98 valence electrons. The molecule has 0 aliphatic carbocycles. The van der Waals surface area contributed by atoms with E-state index in [4.69, 9.17) is 10.5 Å². The zero-order valence-corrected chi connectivity index (χ0v) is 11.6. The lowest BCUT2D eigenvalue weighted by Crippen LogP contribution is -1.93. The Balaban J connectivity index is 2.54. The SMILES string of the molecule is COc1ccc(-c2cccc(N)c2C=C(C)C)cc1. The molecule has 0 aliphatic rings. The van der Waals surface area contributed by atoms with E-state index in [-0.39, 0.29) is 0 Å². The van der Waals surface area contributed by atoms with Crippen LogP contribution in [0, 0.1) is 0 Å². The summed E-state index contributed by atoms with van der Waals surface area (Å²) in [6.45, 7) is 4.15. The van der Waals surface area contributed by atoms with E-state index < -0.39 is 0 Å².